The van der Waals surface area contributed by atoms with Crippen molar-refractivity contribution < 1.29 is 13.2 Å². The molecule has 0 saturated heterocycles. The molecular weight excluding hydrogens is 216 g/mol. The molecule has 0 aromatic rings. The third-order valence-electron chi connectivity index (χ3n) is 2.30. The first-order valence-corrected chi connectivity index (χ1v) is 6.75. The molecule has 5 nitrogen and oxygen atoms in total. The molecule has 0 radical (unpaired) electrons. The van der Waals surface area contributed by atoms with Gasteiger partial charge in [0.25, 0.3) is 0 Å². The summed E-state index contributed by atoms with van der Waals surface area (Å²) in [5.41, 5.74) is 0. The molecule has 0 aromatic heterocycles. The number of nitrogens with zero attached hydrogens (tertiary/aromatic N) is 2. The number of carbonyl (C=O) groups is 1. The van der Waals surface area contributed by atoms with Gasteiger partial charge in [-0.3, -0.25) is 4.79 Å². The Morgan fingerprint density at radius 2 is 1.80 bits per heavy atom. The van der Waals surface area contributed by atoms with Gasteiger partial charge in [0, 0.05) is 19.6 Å². The summed E-state index contributed by atoms with van der Waals surface area (Å²) in [6.07, 6.45) is 1.11. The number of amides is 1. The van der Waals surface area contributed by atoms with Gasteiger partial charge in [0.2, 0.25) is 15.9 Å². The Bertz CT molecular complexity index is 311. The highest BCUT2D eigenvalue weighted by Gasteiger charge is 2.21. The molecule has 0 unspecified atom stereocenters. The Hall–Kier alpha value is -0.620. The lowest BCUT2D eigenvalue weighted by Crippen LogP contribution is -2.43. The second-order valence-electron chi connectivity index (χ2n) is 3.79. The van der Waals surface area contributed by atoms with Crippen LogP contribution in [0.15, 0.2) is 0 Å². The summed E-state index contributed by atoms with van der Waals surface area (Å²) in [5, 5.41) is 0. The summed E-state index contributed by atoms with van der Waals surface area (Å²) >= 11 is 0. The van der Waals surface area contributed by atoms with Crippen molar-refractivity contribution in [1.82, 2.24) is 9.21 Å². The van der Waals surface area contributed by atoms with Crippen LogP contribution < -0.4 is 0 Å². The van der Waals surface area contributed by atoms with E-state index in [2.05, 4.69) is 0 Å². The van der Waals surface area contributed by atoms with E-state index in [0.29, 0.717) is 6.54 Å². The normalized spacial score (nSPS) is 12.2. The smallest absolute Gasteiger partial charge is 0.237 e. The minimum Gasteiger partial charge on any atom is -0.342 e. The zero-order chi connectivity index (χ0) is 12.2. The van der Waals surface area contributed by atoms with Crippen LogP contribution in [0.1, 0.15) is 20.8 Å². The van der Waals surface area contributed by atoms with Crippen LogP contribution in [-0.2, 0) is 14.8 Å². The zero-order valence-electron chi connectivity index (χ0n) is 10.0. The van der Waals surface area contributed by atoms with Crippen molar-refractivity contribution in [3.05, 3.63) is 0 Å². The summed E-state index contributed by atoms with van der Waals surface area (Å²) in [7, 11) is -1.61. The van der Waals surface area contributed by atoms with E-state index in [1.807, 2.05) is 13.8 Å². The third kappa shape index (κ3) is 4.61. The van der Waals surface area contributed by atoms with Gasteiger partial charge in [-0.15, -0.1) is 0 Å². The molecule has 0 aliphatic carbocycles. The standard InChI is InChI=1S/C9H20N2O3S/c1-6-11(15(5,13)14)7-9(12)10(4)8(2)3/h8H,6-7H2,1-5H3. The monoisotopic (exact) mass is 236 g/mol. The van der Waals surface area contributed by atoms with Crippen LogP contribution in [0.5, 0.6) is 0 Å². The van der Waals surface area contributed by atoms with Gasteiger partial charge in [0.05, 0.1) is 12.8 Å². The summed E-state index contributed by atoms with van der Waals surface area (Å²) < 4.78 is 23.7. The third-order valence-corrected chi connectivity index (χ3v) is 3.63. The molecule has 0 atom stereocenters. The highest BCUT2D eigenvalue weighted by Crippen LogP contribution is 2.01. The van der Waals surface area contributed by atoms with Gasteiger partial charge in [-0.05, 0) is 13.8 Å². The lowest BCUT2D eigenvalue weighted by atomic mass is 10.3. The zero-order valence-corrected chi connectivity index (χ0v) is 10.8. The molecule has 0 bridgehead atoms. The highest BCUT2D eigenvalue weighted by atomic mass is 32.2. The first-order valence-electron chi connectivity index (χ1n) is 4.91. The second kappa shape index (κ2) is 5.46. The number of carbonyl (C=O) groups excluding carboxylic acids is 1. The predicted octanol–water partition coefficient (Wildman–Crippen LogP) is 0.135. The van der Waals surface area contributed by atoms with E-state index in [-0.39, 0.29) is 18.5 Å². The van der Waals surface area contributed by atoms with E-state index in [9.17, 15) is 13.2 Å². The van der Waals surface area contributed by atoms with Crippen molar-refractivity contribution in [1.29, 1.82) is 0 Å². The second-order valence-corrected chi connectivity index (χ2v) is 5.77. The number of sulfonamides is 1. The van der Waals surface area contributed by atoms with Crippen molar-refractivity contribution in [2.75, 3.05) is 26.4 Å². The molecule has 0 aliphatic rings. The number of hydrogen-bond donors (Lipinski definition) is 0. The van der Waals surface area contributed by atoms with E-state index >= 15 is 0 Å². The molecule has 0 aliphatic heterocycles. The fourth-order valence-electron chi connectivity index (χ4n) is 1.01. The van der Waals surface area contributed by atoms with Crippen LogP contribution in [0.3, 0.4) is 0 Å². The fourth-order valence-corrected chi connectivity index (χ4v) is 1.83. The molecule has 0 heterocycles. The maximum absolute atomic E-state index is 11.6. The van der Waals surface area contributed by atoms with Crippen LogP contribution in [0.2, 0.25) is 0 Å². The molecule has 0 N–H and O–H groups in total. The predicted molar refractivity (Wildman–Crippen MR) is 60.0 cm³/mol. The number of hydrogen-bond acceptors (Lipinski definition) is 3. The Morgan fingerprint density at radius 3 is 2.07 bits per heavy atom. The topological polar surface area (TPSA) is 57.7 Å². The SMILES string of the molecule is CCN(CC(=O)N(C)C(C)C)S(C)(=O)=O. The van der Waals surface area contributed by atoms with Gasteiger partial charge in [0.15, 0.2) is 0 Å². The van der Waals surface area contributed by atoms with Gasteiger partial charge >= 0.3 is 0 Å². The van der Waals surface area contributed by atoms with E-state index in [0.717, 1.165) is 10.6 Å². The molecule has 0 fully saturated rings. The number of rotatable bonds is 5. The van der Waals surface area contributed by atoms with Crippen molar-refractivity contribution in [2.45, 2.75) is 26.8 Å². The van der Waals surface area contributed by atoms with Crippen LogP contribution >= 0.6 is 0 Å². The Balaban J connectivity index is 4.52. The Kier molecular flexibility index (Phi) is 5.23. The molecular formula is C9H20N2O3S. The summed E-state index contributed by atoms with van der Waals surface area (Å²) in [6.45, 7) is 5.72. The van der Waals surface area contributed by atoms with Crippen molar-refractivity contribution in [3.63, 3.8) is 0 Å². The van der Waals surface area contributed by atoms with Crippen molar-refractivity contribution >= 4 is 15.9 Å². The Morgan fingerprint density at radius 1 is 1.33 bits per heavy atom. The van der Waals surface area contributed by atoms with Gasteiger partial charge in [-0.25, -0.2) is 8.42 Å². The highest BCUT2D eigenvalue weighted by molar-refractivity contribution is 7.88. The van der Waals surface area contributed by atoms with Crippen LogP contribution in [0.25, 0.3) is 0 Å². The van der Waals surface area contributed by atoms with E-state index in [4.69, 9.17) is 0 Å². The summed E-state index contributed by atoms with van der Waals surface area (Å²) in [5.74, 6) is -0.183. The molecule has 0 spiro atoms. The lowest BCUT2D eigenvalue weighted by molar-refractivity contribution is -0.131. The van der Waals surface area contributed by atoms with Gasteiger partial charge in [-0.2, -0.15) is 4.31 Å². The van der Waals surface area contributed by atoms with E-state index < -0.39 is 10.0 Å². The largest absolute Gasteiger partial charge is 0.342 e. The summed E-state index contributed by atoms with van der Waals surface area (Å²) in [4.78, 5) is 13.2. The minimum atomic E-state index is -3.28. The maximum Gasteiger partial charge on any atom is 0.237 e. The van der Waals surface area contributed by atoms with Gasteiger partial charge in [-0.1, -0.05) is 6.92 Å². The molecule has 0 saturated carbocycles. The molecule has 15 heavy (non-hydrogen) atoms. The quantitative estimate of drug-likeness (QED) is 0.682. The van der Waals surface area contributed by atoms with Crippen molar-refractivity contribution in [3.8, 4) is 0 Å². The lowest BCUT2D eigenvalue weighted by Gasteiger charge is -2.25. The average molecular weight is 236 g/mol. The minimum absolute atomic E-state index is 0.0794. The number of likely N-dealkylation sites (N-methyl/N-ethyl adjacent to an activating group) is 2. The first kappa shape index (κ1) is 14.4. The van der Waals surface area contributed by atoms with Crippen molar-refractivity contribution in [2.24, 2.45) is 0 Å². The summed E-state index contributed by atoms with van der Waals surface area (Å²) in [6, 6.07) is 0.0794. The van der Waals surface area contributed by atoms with Gasteiger partial charge < -0.3 is 4.90 Å². The molecule has 1 amide bonds. The Labute approximate surface area is 92.1 Å². The molecule has 0 rings (SSSR count). The van der Waals surface area contributed by atoms with Gasteiger partial charge in [0.1, 0.15) is 0 Å². The molecule has 90 valence electrons. The average Bonchev–Trinajstić information content (AvgIpc) is 2.10. The molecule has 6 heteroatoms. The van der Waals surface area contributed by atoms with Crippen LogP contribution in [-0.4, -0.2) is 56.0 Å². The van der Waals surface area contributed by atoms with E-state index in [1.165, 1.54) is 4.90 Å². The van der Waals surface area contributed by atoms with Crippen LogP contribution in [0, 0.1) is 0 Å². The maximum atomic E-state index is 11.6. The van der Waals surface area contributed by atoms with E-state index in [1.54, 1.807) is 14.0 Å². The molecule has 0 aromatic carbocycles. The fraction of sp³-hybridized carbons (Fsp3) is 0.889. The van der Waals surface area contributed by atoms with Crippen LogP contribution in [0.4, 0.5) is 0 Å². The first-order chi connectivity index (χ1) is 6.70.